The predicted molar refractivity (Wildman–Crippen MR) is 52.4 cm³/mol. The van der Waals surface area contributed by atoms with E-state index in [-0.39, 0.29) is 16.4 Å². The van der Waals surface area contributed by atoms with Gasteiger partial charge in [0, 0.05) is 12.3 Å². The van der Waals surface area contributed by atoms with Gasteiger partial charge in [-0.3, -0.25) is 0 Å². The van der Waals surface area contributed by atoms with Crippen LogP contribution in [0.25, 0.3) is 11.3 Å². The van der Waals surface area contributed by atoms with Crippen LogP contribution in [0.3, 0.4) is 0 Å². The highest BCUT2D eigenvalue weighted by atomic mass is 35.5. The largest absolute Gasteiger partial charge is 0.244 e. The van der Waals surface area contributed by atoms with Gasteiger partial charge in [0.2, 0.25) is 5.95 Å². The molecule has 76 valence electrons. The molecule has 0 fully saturated rings. The Morgan fingerprint density at radius 2 is 2.00 bits per heavy atom. The van der Waals surface area contributed by atoms with Gasteiger partial charge in [0.1, 0.15) is 11.0 Å². The first-order valence-corrected chi connectivity index (χ1v) is 4.48. The second-order valence-corrected chi connectivity index (χ2v) is 3.22. The molecular weight excluding hydrogens is 222 g/mol. The van der Waals surface area contributed by atoms with Crippen LogP contribution >= 0.6 is 11.6 Å². The van der Waals surface area contributed by atoms with Crippen LogP contribution in [0.15, 0.2) is 30.5 Å². The van der Waals surface area contributed by atoms with Crippen LogP contribution in [0.1, 0.15) is 0 Å². The van der Waals surface area contributed by atoms with Crippen molar-refractivity contribution >= 4 is 11.6 Å². The molecule has 0 radical (unpaired) electrons. The minimum Gasteiger partial charge on any atom is -0.244 e. The fraction of sp³-hybridized carbons (Fsp3) is 0. The molecule has 0 aliphatic heterocycles. The van der Waals surface area contributed by atoms with E-state index in [1.165, 1.54) is 24.4 Å². The van der Waals surface area contributed by atoms with Crippen molar-refractivity contribution in [2.75, 3.05) is 0 Å². The fourth-order valence-corrected chi connectivity index (χ4v) is 1.30. The van der Waals surface area contributed by atoms with E-state index in [0.717, 1.165) is 6.07 Å². The van der Waals surface area contributed by atoms with E-state index in [9.17, 15) is 8.78 Å². The topological polar surface area (TPSA) is 25.8 Å². The Morgan fingerprint density at radius 1 is 1.20 bits per heavy atom. The van der Waals surface area contributed by atoms with Crippen molar-refractivity contribution in [3.63, 3.8) is 0 Å². The van der Waals surface area contributed by atoms with Gasteiger partial charge >= 0.3 is 0 Å². The number of rotatable bonds is 1. The van der Waals surface area contributed by atoms with Crippen molar-refractivity contribution in [2.24, 2.45) is 0 Å². The van der Waals surface area contributed by atoms with Crippen molar-refractivity contribution in [3.05, 3.63) is 47.4 Å². The molecule has 2 nitrogen and oxygen atoms in total. The Balaban J connectivity index is 2.54. The molecule has 2 rings (SSSR count). The zero-order valence-corrected chi connectivity index (χ0v) is 8.17. The standard InChI is InChI=1S/C10H5ClF2N2/c11-9-4-7(12)6(5-14-9)8-2-1-3-10(13)15-8/h1-5H. The maximum Gasteiger partial charge on any atom is 0.213 e. The maximum absolute atomic E-state index is 13.4. The summed E-state index contributed by atoms with van der Waals surface area (Å²) in [6, 6.07) is 5.19. The second-order valence-electron chi connectivity index (χ2n) is 2.83. The predicted octanol–water partition coefficient (Wildman–Crippen LogP) is 3.08. The van der Waals surface area contributed by atoms with Gasteiger partial charge in [-0.05, 0) is 12.1 Å². The molecule has 0 aromatic carbocycles. The van der Waals surface area contributed by atoms with Gasteiger partial charge in [-0.1, -0.05) is 17.7 Å². The zero-order chi connectivity index (χ0) is 10.8. The highest BCUT2D eigenvalue weighted by Gasteiger charge is 2.08. The van der Waals surface area contributed by atoms with Crippen molar-refractivity contribution in [1.29, 1.82) is 0 Å². The Kier molecular flexibility index (Phi) is 2.60. The lowest BCUT2D eigenvalue weighted by atomic mass is 10.2. The average molecular weight is 227 g/mol. The summed E-state index contributed by atoms with van der Waals surface area (Å²) in [6.07, 6.45) is 1.22. The third-order valence-corrected chi connectivity index (χ3v) is 2.02. The van der Waals surface area contributed by atoms with E-state index in [1.54, 1.807) is 0 Å². The number of halogens is 3. The van der Waals surface area contributed by atoms with Gasteiger partial charge in [-0.15, -0.1) is 0 Å². The van der Waals surface area contributed by atoms with Crippen LogP contribution in [-0.2, 0) is 0 Å². The van der Waals surface area contributed by atoms with E-state index >= 15 is 0 Å². The third-order valence-electron chi connectivity index (χ3n) is 1.81. The minimum atomic E-state index is -0.665. The van der Waals surface area contributed by atoms with E-state index < -0.39 is 11.8 Å². The summed E-state index contributed by atoms with van der Waals surface area (Å²) < 4.78 is 26.2. The molecule has 5 heteroatoms. The molecule has 0 atom stereocenters. The van der Waals surface area contributed by atoms with Crippen LogP contribution in [0.4, 0.5) is 8.78 Å². The van der Waals surface area contributed by atoms with Gasteiger partial charge < -0.3 is 0 Å². The van der Waals surface area contributed by atoms with Crippen LogP contribution in [0.2, 0.25) is 5.15 Å². The van der Waals surface area contributed by atoms with E-state index in [1.807, 2.05) is 0 Å². The number of hydrogen-bond acceptors (Lipinski definition) is 2. The summed E-state index contributed by atoms with van der Waals surface area (Å²) >= 11 is 5.49. The second kappa shape index (κ2) is 3.90. The normalized spacial score (nSPS) is 10.3. The van der Waals surface area contributed by atoms with E-state index in [2.05, 4.69) is 9.97 Å². The summed E-state index contributed by atoms with van der Waals surface area (Å²) in [5, 5.41) is 0.0488. The monoisotopic (exact) mass is 226 g/mol. The molecule has 0 bridgehead atoms. The molecule has 0 unspecified atom stereocenters. The van der Waals surface area contributed by atoms with Crippen molar-refractivity contribution < 1.29 is 8.78 Å². The van der Waals surface area contributed by atoms with Gasteiger partial charge in [0.15, 0.2) is 0 Å². The highest BCUT2D eigenvalue weighted by Crippen LogP contribution is 2.21. The molecular formula is C10H5ClF2N2. The lowest BCUT2D eigenvalue weighted by Gasteiger charge is -2.01. The summed E-state index contributed by atoms with van der Waals surface area (Å²) in [7, 11) is 0. The Hall–Kier alpha value is -1.55. The molecule has 0 aliphatic rings. The van der Waals surface area contributed by atoms with Crippen LogP contribution in [0.5, 0.6) is 0 Å². The smallest absolute Gasteiger partial charge is 0.213 e. The lowest BCUT2D eigenvalue weighted by molar-refractivity contribution is 0.583. The number of hydrogen-bond donors (Lipinski definition) is 0. The number of pyridine rings is 2. The average Bonchev–Trinajstić information content (AvgIpc) is 2.17. The highest BCUT2D eigenvalue weighted by molar-refractivity contribution is 6.29. The van der Waals surface area contributed by atoms with Crippen LogP contribution in [0, 0.1) is 11.8 Å². The molecule has 15 heavy (non-hydrogen) atoms. The molecule has 0 saturated heterocycles. The first-order chi connectivity index (χ1) is 7.16. The van der Waals surface area contributed by atoms with Crippen molar-refractivity contribution in [1.82, 2.24) is 9.97 Å². The maximum atomic E-state index is 13.4. The molecule has 0 aliphatic carbocycles. The summed E-state index contributed by atoms with van der Waals surface area (Å²) in [5.41, 5.74) is 0.315. The van der Waals surface area contributed by atoms with Gasteiger partial charge in [-0.2, -0.15) is 4.39 Å². The lowest BCUT2D eigenvalue weighted by Crippen LogP contribution is -1.91. The Morgan fingerprint density at radius 3 is 2.67 bits per heavy atom. The van der Waals surface area contributed by atoms with Crippen LogP contribution < -0.4 is 0 Å². The Bertz CT molecular complexity index is 503. The minimum absolute atomic E-state index is 0.0488. The van der Waals surface area contributed by atoms with Crippen molar-refractivity contribution in [2.45, 2.75) is 0 Å². The van der Waals surface area contributed by atoms with Gasteiger partial charge in [0.05, 0.1) is 11.3 Å². The summed E-state index contributed by atoms with van der Waals surface area (Å²) in [5.74, 6) is -1.24. The third kappa shape index (κ3) is 2.10. The number of nitrogens with zero attached hydrogens (tertiary/aromatic N) is 2. The zero-order valence-electron chi connectivity index (χ0n) is 7.42. The SMILES string of the molecule is Fc1cccc(-c2cnc(Cl)cc2F)n1. The quantitative estimate of drug-likeness (QED) is 0.699. The molecule has 0 N–H and O–H groups in total. The molecule has 2 aromatic rings. The molecule has 2 heterocycles. The van der Waals surface area contributed by atoms with Gasteiger partial charge in [-0.25, -0.2) is 14.4 Å². The van der Waals surface area contributed by atoms with E-state index in [4.69, 9.17) is 11.6 Å². The summed E-state index contributed by atoms with van der Waals surface area (Å²) in [6.45, 7) is 0. The molecule has 0 amide bonds. The van der Waals surface area contributed by atoms with Gasteiger partial charge in [0.25, 0.3) is 0 Å². The van der Waals surface area contributed by atoms with E-state index in [0.29, 0.717) is 0 Å². The first-order valence-electron chi connectivity index (χ1n) is 4.11. The molecule has 0 saturated carbocycles. The fourth-order valence-electron chi connectivity index (χ4n) is 1.15. The molecule has 0 spiro atoms. The van der Waals surface area contributed by atoms with Crippen molar-refractivity contribution in [3.8, 4) is 11.3 Å². The van der Waals surface area contributed by atoms with Crippen LogP contribution in [-0.4, -0.2) is 9.97 Å². The first kappa shape index (κ1) is 9.98. The summed E-state index contributed by atoms with van der Waals surface area (Å²) in [4.78, 5) is 7.25. The Labute approximate surface area is 89.6 Å². The number of aromatic nitrogens is 2. The molecule has 2 aromatic heterocycles.